The first kappa shape index (κ1) is 31.4. The van der Waals surface area contributed by atoms with E-state index >= 15 is 0 Å². The van der Waals surface area contributed by atoms with E-state index in [4.69, 9.17) is 0 Å². The van der Waals surface area contributed by atoms with Gasteiger partial charge in [-0.25, -0.2) is 8.42 Å². The van der Waals surface area contributed by atoms with Gasteiger partial charge in [-0.15, -0.1) is 12.4 Å². The fourth-order valence-electron chi connectivity index (χ4n) is 6.12. The number of nitrogens with one attached hydrogen (secondary N) is 1. The van der Waals surface area contributed by atoms with Crippen LogP contribution in [0.2, 0.25) is 0 Å². The third-order valence-electron chi connectivity index (χ3n) is 8.18. The number of amides is 1. The molecule has 0 radical (unpaired) electrons. The molecule has 0 aromatic heterocycles. The van der Waals surface area contributed by atoms with E-state index in [0.29, 0.717) is 30.1 Å². The monoisotopic (exact) mass is 575 g/mol. The number of likely N-dealkylation sites (tertiary alicyclic amines) is 1. The molecule has 0 atom stereocenters. The average Bonchev–Trinajstić information content (AvgIpc) is 2.91. The number of halogens is 1. The maximum Gasteiger partial charge on any atom is 0.229 e. The highest BCUT2D eigenvalue weighted by atomic mass is 35.5. The normalized spacial score (nSPS) is 17.4. The summed E-state index contributed by atoms with van der Waals surface area (Å²) < 4.78 is 27.4. The number of unbranched alkanes of at least 4 members (excludes halogenated alkanes) is 1. The summed E-state index contributed by atoms with van der Waals surface area (Å²) in [5, 5.41) is 0. The molecule has 0 spiro atoms. The topological polar surface area (TPSA) is 69.7 Å². The Labute approximate surface area is 242 Å². The first-order valence-electron chi connectivity index (χ1n) is 14.5. The van der Waals surface area contributed by atoms with Gasteiger partial charge in [0.15, 0.2) is 0 Å². The number of hydrogen-bond donors (Lipinski definition) is 1. The Morgan fingerprint density at radius 1 is 0.974 bits per heavy atom. The SMILES string of the molecule is CCCCN(C(=O)CC1CCCCC1)C1CCN(Cc2cccc(-c3ccccc3)c2NS(C)(=O)=O)CC1.Cl. The number of sulfonamides is 1. The summed E-state index contributed by atoms with van der Waals surface area (Å²) in [6.07, 6.45) is 12.3. The largest absolute Gasteiger partial charge is 0.340 e. The number of para-hydroxylation sites is 1. The van der Waals surface area contributed by atoms with Gasteiger partial charge in [0.2, 0.25) is 15.9 Å². The molecule has 2 aromatic carbocycles. The van der Waals surface area contributed by atoms with Gasteiger partial charge in [0, 0.05) is 44.2 Å². The molecule has 4 rings (SSSR count). The van der Waals surface area contributed by atoms with Crippen LogP contribution in [0.15, 0.2) is 48.5 Å². The van der Waals surface area contributed by atoms with E-state index in [-0.39, 0.29) is 12.4 Å². The molecule has 8 heteroatoms. The first-order chi connectivity index (χ1) is 18.3. The van der Waals surface area contributed by atoms with Crippen LogP contribution in [0.25, 0.3) is 11.1 Å². The fraction of sp³-hybridized carbons (Fsp3) is 0.581. The van der Waals surface area contributed by atoms with E-state index in [1.165, 1.54) is 38.4 Å². The van der Waals surface area contributed by atoms with Gasteiger partial charge in [-0.3, -0.25) is 14.4 Å². The minimum absolute atomic E-state index is 0. The molecule has 1 amide bonds. The van der Waals surface area contributed by atoms with Crippen molar-refractivity contribution in [2.75, 3.05) is 30.6 Å². The van der Waals surface area contributed by atoms with E-state index in [2.05, 4.69) is 21.4 Å². The lowest BCUT2D eigenvalue weighted by molar-refractivity contribution is -0.136. The van der Waals surface area contributed by atoms with Gasteiger partial charge < -0.3 is 4.90 Å². The van der Waals surface area contributed by atoms with Gasteiger partial charge in [0.05, 0.1) is 11.9 Å². The molecule has 0 bridgehead atoms. The minimum Gasteiger partial charge on any atom is -0.340 e. The molecule has 2 aliphatic rings. The van der Waals surface area contributed by atoms with Crippen molar-refractivity contribution in [3.63, 3.8) is 0 Å². The summed E-state index contributed by atoms with van der Waals surface area (Å²) in [5.74, 6) is 0.928. The second kappa shape index (κ2) is 15.1. The lowest BCUT2D eigenvalue weighted by Crippen LogP contribution is -2.48. The van der Waals surface area contributed by atoms with Crippen molar-refractivity contribution in [2.45, 2.75) is 83.7 Å². The number of piperidine rings is 1. The Hall–Kier alpha value is -2.09. The van der Waals surface area contributed by atoms with Crippen LogP contribution in [-0.4, -0.2) is 56.1 Å². The standard InChI is InChI=1S/C31H45N3O3S.ClH/c1-3-4-20-34(30(35)23-25-12-7-5-8-13-25)28-18-21-33(22-19-28)24-27-16-11-17-29(26-14-9-6-10-15-26)31(27)32-38(2,36)37;/h6,9-11,14-17,25,28,32H,3-5,7-8,12-13,18-24H2,1-2H3;1H. The van der Waals surface area contributed by atoms with Gasteiger partial charge in [-0.1, -0.05) is 81.1 Å². The predicted molar refractivity (Wildman–Crippen MR) is 164 cm³/mol. The summed E-state index contributed by atoms with van der Waals surface area (Å²) >= 11 is 0. The molecule has 0 unspecified atom stereocenters. The predicted octanol–water partition coefficient (Wildman–Crippen LogP) is 6.71. The van der Waals surface area contributed by atoms with E-state index in [9.17, 15) is 13.2 Å². The highest BCUT2D eigenvalue weighted by Crippen LogP contribution is 2.33. The Morgan fingerprint density at radius 2 is 1.67 bits per heavy atom. The number of anilines is 1. The molecule has 2 aromatic rings. The van der Waals surface area contributed by atoms with E-state index < -0.39 is 10.0 Å². The van der Waals surface area contributed by atoms with Crippen molar-refractivity contribution in [1.82, 2.24) is 9.80 Å². The Morgan fingerprint density at radius 3 is 2.31 bits per heavy atom. The van der Waals surface area contributed by atoms with E-state index in [1.807, 2.05) is 48.5 Å². The molecule has 1 saturated heterocycles. The Balaban J connectivity index is 0.00000420. The summed E-state index contributed by atoms with van der Waals surface area (Å²) in [6, 6.07) is 16.2. The number of rotatable bonds is 11. The third-order valence-corrected chi connectivity index (χ3v) is 8.75. The molecule has 1 N–H and O–H groups in total. The van der Waals surface area contributed by atoms with Crippen molar-refractivity contribution in [3.05, 3.63) is 54.1 Å². The highest BCUT2D eigenvalue weighted by molar-refractivity contribution is 7.92. The van der Waals surface area contributed by atoms with Gasteiger partial charge in [-0.05, 0) is 49.1 Å². The summed E-state index contributed by atoms with van der Waals surface area (Å²) in [4.78, 5) is 18.0. The molecule has 1 saturated carbocycles. The lowest BCUT2D eigenvalue weighted by Gasteiger charge is -2.39. The minimum atomic E-state index is -3.43. The van der Waals surface area contributed by atoms with Crippen molar-refractivity contribution >= 4 is 34.0 Å². The number of carbonyl (C=O) groups is 1. The highest BCUT2D eigenvalue weighted by Gasteiger charge is 2.29. The van der Waals surface area contributed by atoms with Crippen LogP contribution >= 0.6 is 12.4 Å². The molecule has 6 nitrogen and oxygen atoms in total. The number of hydrogen-bond acceptors (Lipinski definition) is 4. The van der Waals surface area contributed by atoms with Crippen LogP contribution in [0.3, 0.4) is 0 Å². The summed E-state index contributed by atoms with van der Waals surface area (Å²) in [5.41, 5.74) is 3.52. The molecular weight excluding hydrogens is 530 g/mol. The van der Waals surface area contributed by atoms with Gasteiger partial charge in [0.25, 0.3) is 0 Å². The van der Waals surface area contributed by atoms with Crippen LogP contribution in [0.4, 0.5) is 5.69 Å². The first-order valence-corrected chi connectivity index (χ1v) is 16.4. The van der Waals surface area contributed by atoms with Crippen molar-refractivity contribution in [3.8, 4) is 11.1 Å². The van der Waals surface area contributed by atoms with Gasteiger partial charge >= 0.3 is 0 Å². The summed E-state index contributed by atoms with van der Waals surface area (Å²) in [6.45, 7) is 5.54. The lowest BCUT2D eigenvalue weighted by atomic mass is 9.86. The second-order valence-corrected chi connectivity index (χ2v) is 13.0. The zero-order chi connectivity index (χ0) is 27.0. The zero-order valence-corrected chi connectivity index (χ0v) is 25.2. The molecule has 39 heavy (non-hydrogen) atoms. The number of carbonyl (C=O) groups excluding carboxylic acids is 1. The molecule has 1 aliphatic carbocycles. The second-order valence-electron chi connectivity index (χ2n) is 11.2. The quantitative estimate of drug-likeness (QED) is 0.323. The molecular formula is C31H46ClN3O3S. The fourth-order valence-corrected chi connectivity index (χ4v) is 6.73. The number of benzene rings is 2. The molecule has 2 fully saturated rings. The summed E-state index contributed by atoms with van der Waals surface area (Å²) in [7, 11) is -3.43. The van der Waals surface area contributed by atoms with Crippen molar-refractivity contribution in [1.29, 1.82) is 0 Å². The van der Waals surface area contributed by atoms with Crippen LogP contribution in [-0.2, 0) is 21.4 Å². The zero-order valence-electron chi connectivity index (χ0n) is 23.6. The average molecular weight is 576 g/mol. The number of nitrogens with zero attached hydrogens (tertiary/aromatic N) is 2. The third kappa shape index (κ3) is 9.22. The molecule has 1 aliphatic heterocycles. The molecule has 1 heterocycles. The van der Waals surface area contributed by atoms with Crippen LogP contribution in [0.1, 0.15) is 76.7 Å². The van der Waals surface area contributed by atoms with E-state index in [0.717, 1.165) is 68.4 Å². The van der Waals surface area contributed by atoms with Crippen LogP contribution in [0, 0.1) is 5.92 Å². The van der Waals surface area contributed by atoms with E-state index in [1.54, 1.807) is 0 Å². The van der Waals surface area contributed by atoms with Crippen LogP contribution in [0.5, 0.6) is 0 Å². The molecule has 216 valence electrons. The van der Waals surface area contributed by atoms with Gasteiger partial charge in [-0.2, -0.15) is 0 Å². The van der Waals surface area contributed by atoms with Crippen molar-refractivity contribution < 1.29 is 13.2 Å². The Bertz CT molecular complexity index is 1140. The maximum absolute atomic E-state index is 13.4. The van der Waals surface area contributed by atoms with Crippen LogP contribution < -0.4 is 4.72 Å². The smallest absolute Gasteiger partial charge is 0.229 e. The van der Waals surface area contributed by atoms with Crippen molar-refractivity contribution in [2.24, 2.45) is 5.92 Å². The maximum atomic E-state index is 13.4. The van der Waals surface area contributed by atoms with Gasteiger partial charge in [0.1, 0.15) is 0 Å². The Kier molecular flexibility index (Phi) is 12.1.